The number of rotatable bonds is 12. The van der Waals surface area contributed by atoms with Gasteiger partial charge in [-0.15, -0.1) is 0 Å². The molecule has 0 heterocycles. The molecule has 0 N–H and O–H groups in total. The summed E-state index contributed by atoms with van der Waals surface area (Å²) in [5, 5.41) is 0. The van der Waals surface area contributed by atoms with E-state index in [1.165, 1.54) is 37.7 Å². The van der Waals surface area contributed by atoms with E-state index in [1.54, 1.807) is 0 Å². The first-order valence-electron chi connectivity index (χ1n) is 8.43. The van der Waals surface area contributed by atoms with Crippen molar-refractivity contribution in [2.75, 3.05) is 6.61 Å². The molecule has 0 fully saturated rings. The number of ether oxygens (including phenoxy) is 1. The van der Waals surface area contributed by atoms with E-state index in [4.69, 9.17) is 4.74 Å². The van der Waals surface area contributed by atoms with Crippen molar-refractivity contribution in [3.63, 3.8) is 0 Å². The third-order valence-corrected chi connectivity index (χ3v) is 3.63. The number of esters is 1. The molecule has 0 atom stereocenters. The molecule has 0 aliphatic rings. The predicted molar refractivity (Wildman–Crippen MR) is 87.2 cm³/mol. The first-order valence-corrected chi connectivity index (χ1v) is 8.43. The van der Waals surface area contributed by atoms with E-state index in [2.05, 4.69) is 25.1 Å². The monoisotopic (exact) mass is 289 g/mol. The molecule has 0 aliphatic carbocycles. The number of aryl methyl sites for hydroxylation is 1. The van der Waals surface area contributed by atoms with E-state index in [1.807, 2.05) is 12.1 Å². The molecule has 0 spiro atoms. The SMILES string of the molecule is CCCCCCOC(=O)CCCCCCc1c[c]ccc1. The molecule has 0 saturated carbocycles. The molecule has 2 heteroatoms. The van der Waals surface area contributed by atoms with E-state index >= 15 is 0 Å². The molecule has 0 amide bonds. The number of benzene rings is 1. The fraction of sp³-hybridized carbons (Fsp3) is 0.632. The summed E-state index contributed by atoms with van der Waals surface area (Å²) in [6.45, 7) is 2.78. The van der Waals surface area contributed by atoms with Crippen LogP contribution in [-0.4, -0.2) is 12.6 Å². The Morgan fingerprint density at radius 3 is 2.67 bits per heavy atom. The molecule has 21 heavy (non-hydrogen) atoms. The molecular weight excluding hydrogens is 260 g/mol. The van der Waals surface area contributed by atoms with Crippen LogP contribution in [0.1, 0.15) is 70.3 Å². The highest BCUT2D eigenvalue weighted by atomic mass is 16.5. The van der Waals surface area contributed by atoms with Gasteiger partial charge in [0.1, 0.15) is 0 Å². The molecule has 0 aromatic heterocycles. The second kappa shape index (κ2) is 12.4. The van der Waals surface area contributed by atoms with Crippen molar-refractivity contribution in [3.8, 4) is 0 Å². The van der Waals surface area contributed by atoms with Crippen molar-refractivity contribution in [1.82, 2.24) is 0 Å². The van der Waals surface area contributed by atoms with Crippen LogP contribution in [0, 0.1) is 6.07 Å². The summed E-state index contributed by atoms with van der Waals surface area (Å²) in [5.74, 6) is -0.0239. The molecule has 0 bridgehead atoms. The first-order chi connectivity index (χ1) is 10.3. The van der Waals surface area contributed by atoms with Gasteiger partial charge in [0.2, 0.25) is 0 Å². The first kappa shape index (κ1) is 17.7. The molecule has 0 saturated heterocycles. The van der Waals surface area contributed by atoms with E-state index in [9.17, 15) is 4.79 Å². The molecule has 1 rings (SSSR count). The van der Waals surface area contributed by atoms with E-state index in [0.717, 1.165) is 25.7 Å². The molecule has 0 aliphatic heterocycles. The van der Waals surface area contributed by atoms with Crippen molar-refractivity contribution >= 4 is 5.97 Å². The largest absolute Gasteiger partial charge is 0.466 e. The van der Waals surface area contributed by atoms with Gasteiger partial charge in [0.15, 0.2) is 0 Å². The summed E-state index contributed by atoms with van der Waals surface area (Å²) in [5.41, 5.74) is 1.35. The zero-order valence-electron chi connectivity index (χ0n) is 13.4. The fourth-order valence-electron chi connectivity index (χ4n) is 2.33. The van der Waals surface area contributed by atoms with Crippen molar-refractivity contribution in [2.45, 2.75) is 71.1 Å². The zero-order valence-corrected chi connectivity index (χ0v) is 13.4. The number of carbonyl (C=O) groups is 1. The highest BCUT2D eigenvalue weighted by molar-refractivity contribution is 5.69. The lowest BCUT2D eigenvalue weighted by molar-refractivity contribution is -0.143. The summed E-state index contributed by atoms with van der Waals surface area (Å²) in [6, 6.07) is 11.3. The van der Waals surface area contributed by atoms with Crippen LogP contribution >= 0.6 is 0 Å². The summed E-state index contributed by atoms with van der Waals surface area (Å²) >= 11 is 0. The van der Waals surface area contributed by atoms with Crippen LogP contribution in [0.4, 0.5) is 0 Å². The molecule has 1 radical (unpaired) electrons. The number of hydrogen-bond donors (Lipinski definition) is 0. The van der Waals surface area contributed by atoms with Gasteiger partial charge in [0.25, 0.3) is 0 Å². The maximum atomic E-state index is 11.5. The van der Waals surface area contributed by atoms with Gasteiger partial charge in [-0.25, -0.2) is 0 Å². The Hall–Kier alpha value is -1.31. The highest BCUT2D eigenvalue weighted by Crippen LogP contribution is 2.09. The fourth-order valence-corrected chi connectivity index (χ4v) is 2.33. The second-order valence-corrected chi connectivity index (χ2v) is 5.61. The minimum Gasteiger partial charge on any atom is -0.466 e. The topological polar surface area (TPSA) is 26.3 Å². The van der Waals surface area contributed by atoms with Crippen LogP contribution < -0.4 is 0 Å². The Balaban J connectivity index is 1.88. The minimum absolute atomic E-state index is 0.0239. The maximum absolute atomic E-state index is 11.5. The average molecular weight is 289 g/mol. The highest BCUT2D eigenvalue weighted by Gasteiger charge is 2.02. The number of hydrogen-bond acceptors (Lipinski definition) is 2. The smallest absolute Gasteiger partial charge is 0.305 e. The van der Waals surface area contributed by atoms with Crippen molar-refractivity contribution in [3.05, 3.63) is 35.9 Å². The lowest BCUT2D eigenvalue weighted by atomic mass is 10.1. The van der Waals surface area contributed by atoms with Gasteiger partial charge in [0.05, 0.1) is 6.61 Å². The Morgan fingerprint density at radius 1 is 1.10 bits per heavy atom. The Labute approximate surface area is 129 Å². The van der Waals surface area contributed by atoms with Crippen LogP contribution in [0.5, 0.6) is 0 Å². The Bertz CT molecular complexity index is 359. The van der Waals surface area contributed by atoms with Crippen LogP contribution in [0.2, 0.25) is 0 Å². The predicted octanol–water partition coefficient (Wildman–Crippen LogP) is 5.10. The Morgan fingerprint density at radius 2 is 1.90 bits per heavy atom. The standard InChI is InChI=1S/C19H29O2/c1-2-3-4-12-17-21-19(20)16-11-6-5-8-13-18-14-9-7-10-15-18/h7,9,14-15H,2-6,8,11-13,16-17H2,1H3. The van der Waals surface area contributed by atoms with Gasteiger partial charge < -0.3 is 4.74 Å². The molecule has 2 nitrogen and oxygen atoms in total. The zero-order chi connectivity index (χ0) is 15.2. The molecule has 1 aromatic rings. The van der Waals surface area contributed by atoms with Crippen LogP contribution in [0.15, 0.2) is 24.3 Å². The van der Waals surface area contributed by atoms with Crippen LogP contribution in [0.3, 0.4) is 0 Å². The van der Waals surface area contributed by atoms with E-state index in [0.29, 0.717) is 13.0 Å². The maximum Gasteiger partial charge on any atom is 0.305 e. The van der Waals surface area contributed by atoms with Crippen LogP contribution in [-0.2, 0) is 16.0 Å². The number of unbranched alkanes of at least 4 members (excludes halogenated alkanes) is 6. The Kier molecular flexibility index (Phi) is 10.5. The third-order valence-electron chi connectivity index (χ3n) is 3.63. The van der Waals surface area contributed by atoms with Crippen molar-refractivity contribution < 1.29 is 9.53 Å². The molecule has 0 unspecified atom stereocenters. The summed E-state index contributed by atoms with van der Waals surface area (Å²) < 4.78 is 5.22. The molecule has 117 valence electrons. The van der Waals surface area contributed by atoms with Crippen molar-refractivity contribution in [2.24, 2.45) is 0 Å². The minimum atomic E-state index is -0.0239. The normalized spacial score (nSPS) is 10.5. The van der Waals surface area contributed by atoms with E-state index in [-0.39, 0.29) is 5.97 Å². The molecular formula is C19H29O2. The quantitative estimate of drug-likeness (QED) is 0.395. The van der Waals surface area contributed by atoms with Crippen LogP contribution in [0.25, 0.3) is 0 Å². The van der Waals surface area contributed by atoms with E-state index < -0.39 is 0 Å². The third kappa shape index (κ3) is 10.1. The van der Waals surface area contributed by atoms with Gasteiger partial charge in [-0.3, -0.25) is 4.79 Å². The van der Waals surface area contributed by atoms with Gasteiger partial charge in [0, 0.05) is 6.42 Å². The van der Waals surface area contributed by atoms with Crippen molar-refractivity contribution in [1.29, 1.82) is 0 Å². The van der Waals surface area contributed by atoms with Gasteiger partial charge >= 0.3 is 5.97 Å². The summed E-state index contributed by atoms with van der Waals surface area (Å²) in [7, 11) is 0. The summed E-state index contributed by atoms with van der Waals surface area (Å²) in [4.78, 5) is 11.5. The van der Waals surface area contributed by atoms with Gasteiger partial charge in [-0.1, -0.05) is 63.3 Å². The van der Waals surface area contributed by atoms with Gasteiger partial charge in [-0.2, -0.15) is 0 Å². The lowest BCUT2D eigenvalue weighted by Crippen LogP contribution is -2.05. The van der Waals surface area contributed by atoms with Gasteiger partial charge in [-0.05, 0) is 37.3 Å². The molecule has 1 aromatic carbocycles. The summed E-state index contributed by atoms with van der Waals surface area (Å²) in [6.07, 6.45) is 10.7. The average Bonchev–Trinajstić information content (AvgIpc) is 2.51. The second-order valence-electron chi connectivity index (χ2n) is 5.61. The lowest BCUT2D eigenvalue weighted by Gasteiger charge is -2.05. The number of carbonyl (C=O) groups excluding carboxylic acids is 1.